The lowest BCUT2D eigenvalue weighted by Crippen LogP contribution is -2.49. The fourth-order valence-electron chi connectivity index (χ4n) is 1.21. The molecule has 0 spiro atoms. The van der Waals surface area contributed by atoms with Crippen molar-refractivity contribution in [1.29, 1.82) is 0 Å². The second-order valence-corrected chi connectivity index (χ2v) is 3.94. The number of halogens is 3. The van der Waals surface area contributed by atoms with Gasteiger partial charge in [0.25, 0.3) is 0 Å². The second-order valence-electron chi connectivity index (χ2n) is 3.94. The summed E-state index contributed by atoms with van der Waals surface area (Å²) in [5.74, 6) is -3.47. The molecule has 1 fully saturated rings. The Morgan fingerprint density at radius 3 is 2.10 bits per heavy atom. The summed E-state index contributed by atoms with van der Waals surface area (Å²) >= 11 is 0. The van der Waals surface area contributed by atoms with Crippen molar-refractivity contribution < 1.29 is 37.4 Å². The number of esters is 1. The number of aliphatic carboxylic acids is 1. The molecule has 20 heavy (non-hydrogen) atoms. The Kier molecular flexibility index (Phi) is 6.97. The summed E-state index contributed by atoms with van der Waals surface area (Å²) in [6.45, 7) is -0.0709. The average Bonchev–Trinajstić information content (AvgIpc) is 2.33. The first-order chi connectivity index (χ1) is 9.09. The summed E-state index contributed by atoms with van der Waals surface area (Å²) in [6.07, 6.45) is -3.38. The van der Waals surface area contributed by atoms with Crippen LogP contribution in [-0.4, -0.2) is 48.8 Å². The van der Waals surface area contributed by atoms with E-state index in [1.165, 1.54) is 7.11 Å². The van der Waals surface area contributed by atoms with Gasteiger partial charge in [0, 0.05) is 6.04 Å². The minimum absolute atomic E-state index is 0.0438. The number of rotatable bonds is 3. The van der Waals surface area contributed by atoms with E-state index in [1.54, 1.807) is 0 Å². The molecule has 2 atom stereocenters. The molecule has 0 aromatic heterocycles. The highest BCUT2D eigenvalue weighted by Gasteiger charge is 2.38. The first-order valence-corrected chi connectivity index (χ1v) is 5.49. The first kappa shape index (κ1) is 18.2. The van der Waals surface area contributed by atoms with E-state index in [0.717, 1.165) is 12.8 Å². The number of carbonyl (C=O) groups excluding carboxylic acids is 2. The van der Waals surface area contributed by atoms with Crippen molar-refractivity contribution in [1.82, 2.24) is 5.32 Å². The van der Waals surface area contributed by atoms with Crippen LogP contribution in [0.3, 0.4) is 0 Å². The van der Waals surface area contributed by atoms with Gasteiger partial charge in [-0.05, 0) is 12.8 Å². The lowest BCUT2D eigenvalue weighted by molar-refractivity contribution is -0.192. The van der Waals surface area contributed by atoms with Gasteiger partial charge in [0.05, 0.1) is 13.0 Å². The molecule has 0 saturated heterocycles. The van der Waals surface area contributed by atoms with Gasteiger partial charge in [-0.15, -0.1) is 0 Å². The number of amides is 1. The summed E-state index contributed by atoms with van der Waals surface area (Å²) in [4.78, 5) is 30.8. The number of carbonyl (C=O) groups is 3. The van der Waals surface area contributed by atoms with Crippen LogP contribution >= 0.6 is 0 Å². The number of carboxylic acids is 1. The zero-order valence-corrected chi connectivity index (χ0v) is 10.6. The van der Waals surface area contributed by atoms with Gasteiger partial charge in [0.15, 0.2) is 0 Å². The molecule has 1 aliphatic carbocycles. The van der Waals surface area contributed by atoms with Crippen LogP contribution in [0, 0.1) is 5.92 Å². The fraction of sp³-hybridized carbons (Fsp3) is 0.700. The summed E-state index contributed by atoms with van der Waals surface area (Å²) in [7, 11) is 1.28. The molecule has 1 amide bonds. The third kappa shape index (κ3) is 6.36. The third-order valence-corrected chi connectivity index (χ3v) is 2.54. The Hall–Kier alpha value is -1.84. The van der Waals surface area contributed by atoms with Gasteiger partial charge in [-0.1, -0.05) is 0 Å². The van der Waals surface area contributed by atoms with Crippen molar-refractivity contribution in [2.24, 2.45) is 11.7 Å². The van der Waals surface area contributed by atoms with E-state index in [-0.39, 0.29) is 24.4 Å². The van der Waals surface area contributed by atoms with Crippen molar-refractivity contribution in [2.75, 3.05) is 13.7 Å². The Labute approximate surface area is 112 Å². The van der Waals surface area contributed by atoms with Crippen molar-refractivity contribution in [3.8, 4) is 0 Å². The monoisotopic (exact) mass is 300 g/mol. The molecule has 0 aliphatic heterocycles. The largest absolute Gasteiger partial charge is 0.490 e. The lowest BCUT2D eigenvalue weighted by atomic mass is 9.79. The minimum atomic E-state index is -5.08. The van der Waals surface area contributed by atoms with E-state index in [0.29, 0.717) is 0 Å². The van der Waals surface area contributed by atoms with Gasteiger partial charge in [-0.2, -0.15) is 13.2 Å². The molecule has 1 saturated carbocycles. The quantitative estimate of drug-likeness (QED) is 0.613. The van der Waals surface area contributed by atoms with Gasteiger partial charge in [0.1, 0.15) is 6.54 Å². The summed E-state index contributed by atoms with van der Waals surface area (Å²) in [6, 6.07) is -0.0438. The standard InChI is InChI=1S/C8H14N2O3.C2HF3O2/c1-13-7(11)4-10-8(12)5-2-3-6(5)9;3-2(4,5)1(6)7/h5-6H,2-4,9H2,1H3,(H,10,12);(H,6,7)/t5-,6+;/m1./s1. The highest BCUT2D eigenvalue weighted by atomic mass is 19.4. The molecule has 1 aliphatic rings. The topological polar surface area (TPSA) is 119 Å². The van der Waals surface area contributed by atoms with Crippen LogP contribution in [0.25, 0.3) is 0 Å². The molecule has 7 nitrogen and oxygen atoms in total. The first-order valence-electron chi connectivity index (χ1n) is 5.49. The highest BCUT2D eigenvalue weighted by Crippen LogP contribution is 2.25. The van der Waals surface area contributed by atoms with Crippen LogP contribution in [0.2, 0.25) is 0 Å². The van der Waals surface area contributed by atoms with Crippen molar-refractivity contribution >= 4 is 17.8 Å². The van der Waals surface area contributed by atoms with E-state index in [1.807, 2.05) is 0 Å². The average molecular weight is 300 g/mol. The Bertz CT molecular complexity index is 372. The molecule has 0 radical (unpaired) electrons. The van der Waals surface area contributed by atoms with Crippen molar-refractivity contribution in [2.45, 2.75) is 25.1 Å². The molecule has 0 aromatic carbocycles. The number of nitrogens with two attached hydrogens (primary N) is 1. The van der Waals surface area contributed by atoms with E-state index in [4.69, 9.17) is 15.6 Å². The number of carboxylic acid groups (broad SMARTS) is 1. The maximum absolute atomic E-state index is 11.3. The molecule has 0 aromatic rings. The van der Waals surface area contributed by atoms with Crippen LogP contribution in [0.15, 0.2) is 0 Å². The molecule has 0 bridgehead atoms. The third-order valence-electron chi connectivity index (χ3n) is 2.54. The predicted molar refractivity (Wildman–Crippen MR) is 59.4 cm³/mol. The van der Waals surface area contributed by atoms with Crippen LogP contribution in [0.1, 0.15) is 12.8 Å². The number of hydrogen-bond donors (Lipinski definition) is 3. The van der Waals surface area contributed by atoms with Gasteiger partial charge < -0.3 is 20.9 Å². The molecular weight excluding hydrogens is 285 g/mol. The molecular formula is C10H15F3N2O5. The minimum Gasteiger partial charge on any atom is -0.475 e. The summed E-state index contributed by atoms with van der Waals surface area (Å²) < 4.78 is 36.1. The van der Waals surface area contributed by atoms with Crippen LogP contribution in [0.4, 0.5) is 13.2 Å². The summed E-state index contributed by atoms with van der Waals surface area (Å²) in [5, 5.41) is 9.60. The predicted octanol–water partition coefficient (Wildman–Crippen LogP) is -0.354. The number of alkyl halides is 3. The fourth-order valence-corrected chi connectivity index (χ4v) is 1.21. The Balaban J connectivity index is 0.000000441. The summed E-state index contributed by atoms with van der Waals surface area (Å²) in [5.41, 5.74) is 5.59. The lowest BCUT2D eigenvalue weighted by Gasteiger charge is -2.31. The zero-order valence-electron chi connectivity index (χ0n) is 10.6. The maximum atomic E-state index is 11.3. The van der Waals surface area contributed by atoms with Crippen molar-refractivity contribution in [3.05, 3.63) is 0 Å². The number of hydrogen-bond acceptors (Lipinski definition) is 5. The van der Waals surface area contributed by atoms with E-state index < -0.39 is 18.1 Å². The smallest absolute Gasteiger partial charge is 0.475 e. The SMILES string of the molecule is COC(=O)CNC(=O)[C@@H]1CC[C@@H]1N.O=C(O)C(F)(F)F. The molecule has 10 heteroatoms. The second kappa shape index (κ2) is 7.68. The van der Waals surface area contributed by atoms with Crippen LogP contribution in [-0.2, 0) is 19.1 Å². The van der Waals surface area contributed by atoms with Gasteiger partial charge >= 0.3 is 18.1 Å². The molecule has 4 N–H and O–H groups in total. The van der Waals surface area contributed by atoms with Crippen LogP contribution in [0.5, 0.6) is 0 Å². The molecule has 116 valence electrons. The zero-order chi connectivity index (χ0) is 15.9. The number of nitrogens with one attached hydrogen (secondary N) is 1. The van der Waals surface area contributed by atoms with Gasteiger partial charge in [0.2, 0.25) is 5.91 Å². The van der Waals surface area contributed by atoms with E-state index in [2.05, 4.69) is 10.1 Å². The molecule has 0 heterocycles. The number of ether oxygens (including phenoxy) is 1. The molecule has 1 rings (SSSR count). The number of methoxy groups -OCH3 is 1. The van der Waals surface area contributed by atoms with Crippen molar-refractivity contribution in [3.63, 3.8) is 0 Å². The Morgan fingerprint density at radius 2 is 1.85 bits per heavy atom. The van der Waals surface area contributed by atoms with Crippen LogP contribution < -0.4 is 11.1 Å². The maximum Gasteiger partial charge on any atom is 0.490 e. The normalized spacial score (nSPS) is 20.9. The van der Waals surface area contributed by atoms with Gasteiger partial charge in [-0.3, -0.25) is 9.59 Å². The highest BCUT2D eigenvalue weighted by molar-refractivity contribution is 5.84. The Morgan fingerprint density at radius 1 is 1.35 bits per heavy atom. The van der Waals surface area contributed by atoms with E-state index in [9.17, 15) is 22.8 Å². The molecule has 0 unspecified atom stereocenters. The van der Waals surface area contributed by atoms with Gasteiger partial charge in [-0.25, -0.2) is 4.79 Å². The van der Waals surface area contributed by atoms with E-state index >= 15 is 0 Å².